The maximum Gasteiger partial charge on any atom is 0.319 e. The Morgan fingerprint density at radius 1 is 1.14 bits per heavy atom. The Morgan fingerprint density at radius 3 is 2.62 bits per heavy atom. The monoisotopic (exact) mass is 396 g/mol. The smallest absolute Gasteiger partial charge is 0.319 e. The molecule has 8 nitrogen and oxygen atoms in total. The van der Waals surface area contributed by atoms with E-state index >= 15 is 0 Å². The fourth-order valence-electron chi connectivity index (χ4n) is 3.08. The third-order valence-corrected chi connectivity index (χ3v) is 4.50. The number of anilines is 1. The fourth-order valence-corrected chi connectivity index (χ4v) is 3.08. The highest BCUT2D eigenvalue weighted by Gasteiger charge is 2.19. The minimum atomic E-state index is -0.515. The van der Waals surface area contributed by atoms with Gasteiger partial charge in [0.25, 0.3) is 5.56 Å². The second kappa shape index (κ2) is 9.20. The van der Waals surface area contributed by atoms with Crippen molar-refractivity contribution in [2.45, 2.75) is 19.5 Å². The van der Waals surface area contributed by atoms with Gasteiger partial charge in [-0.25, -0.2) is 9.78 Å². The van der Waals surface area contributed by atoms with Gasteiger partial charge in [-0.3, -0.25) is 9.36 Å². The van der Waals surface area contributed by atoms with Crippen LogP contribution in [0.25, 0.3) is 10.9 Å². The molecule has 0 fully saturated rings. The van der Waals surface area contributed by atoms with Crippen LogP contribution in [0.3, 0.4) is 0 Å². The molecule has 3 aromatic rings. The molecule has 0 saturated carbocycles. The number of carbonyl (C=O) groups excluding carboxylic acids is 1. The number of carbonyl (C=O) groups is 1. The second-order valence-electron chi connectivity index (χ2n) is 6.46. The summed E-state index contributed by atoms with van der Waals surface area (Å²) in [5.74, 6) is 1.01. The van der Waals surface area contributed by atoms with Gasteiger partial charge in [0.15, 0.2) is 0 Å². The van der Waals surface area contributed by atoms with Crippen LogP contribution in [-0.2, 0) is 11.3 Å². The molecule has 0 aliphatic carbocycles. The summed E-state index contributed by atoms with van der Waals surface area (Å²) in [5, 5.41) is 6.12. The number of ether oxygens (including phenoxy) is 2. The molecule has 0 aliphatic rings. The molecule has 2 amide bonds. The van der Waals surface area contributed by atoms with Gasteiger partial charge in [-0.05, 0) is 31.2 Å². The molecule has 0 spiro atoms. The van der Waals surface area contributed by atoms with Gasteiger partial charge in [0, 0.05) is 7.11 Å². The lowest BCUT2D eigenvalue weighted by atomic mass is 10.2. The third kappa shape index (κ3) is 4.55. The summed E-state index contributed by atoms with van der Waals surface area (Å²) < 4.78 is 11.9. The van der Waals surface area contributed by atoms with Crippen LogP contribution in [0, 0.1) is 0 Å². The molecule has 0 saturated heterocycles. The topological polar surface area (TPSA) is 94.5 Å². The third-order valence-electron chi connectivity index (χ3n) is 4.50. The summed E-state index contributed by atoms with van der Waals surface area (Å²) >= 11 is 0. The minimum absolute atomic E-state index is 0.165. The number of para-hydroxylation sites is 3. The minimum Gasteiger partial charge on any atom is -0.495 e. The number of hydrogen-bond acceptors (Lipinski definition) is 5. The van der Waals surface area contributed by atoms with E-state index < -0.39 is 12.1 Å². The van der Waals surface area contributed by atoms with E-state index in [1.54, 1.807) is 55.0 Å². The highest BCUT2D eigenvalue weighted by atomic mass is 16.5. The second-order valence-corrected chi connectivity index (χ2v) is 6.46. The molecule has 2 N–H and O–H groups in total. The highest BCUT2D eigenvalue weighted by molar-refractivity contribution is 5.91. The fraction of sp³-hybridized carbons (Fsp3) is 0.286. The van der Waals surface area contributed by atoms with Crippen molar-refractivity contribution in [1.29, 1.82) is 0 Å². The Kier molecular flexibility index (Phi) is 6.46. The molecule has 1 aromatic heterocycles. The van der Waals surface area contributed by atoms with Gasteiger partial charge >= 0.3 is 6.03 Å². The first-order valence-corrected chi connectivity index (χ1v) is 9.24. The predicted octanol–water partition coefficient (Wildman–Crippen LogP) is 2.93. The molecule has 1 unspecified atom stereocenters. The Bertz CT molecular complexity index is 1060. The van der Waals surface area contributed by atoms with Crippen molar-refractivity contribution < 1.29 is 14.3 Å². The van der Waals surface area contributed by atoms with E-state index in [1.807, 2.05) is 12.1 Å². The average molecular weight is 396 g/mol. The van der Waals surface area contributed by atoms with Crippen LogP contribution >= 0.6 is 0 Å². The molecular weight excluding hydrogens is 372 g/mol. The van der Waals surface area contributed by atoms with Gasteiger partial charge in [0.1, 0.15) is 11.6 Å². The molecule has 0 bridgehead atoms. The Hall–Kier alpha value is -3.39. The van der Waals surface area contributed by atoms with Crippen molar-refractivity contribution in [3.8, 4) is 5.75 Å². The number of urea groups is 1. The van der Waals surface area contributed by atoms with Crippen molar-refractivity contribution in [2.24, 2.45) is 0 Å². The van der Waals surface area contributed by atoms with E-state index in [0.717, 1.165) is 0 Å². The largest absolute Gasteiger partial charge is 0.495 e. The summed E-state index contributed by atoms with van der Waals surface area (Å²) in [5.41, 5.74) is 0.962. The lowest BCUT2D eigenvalue weighted by molar-refractivity contribution is 0.184. The molecular formula is C21H24N4O4. The number of amides is 2. The molecule has 1 heterocycles. The highest BCUT2D eigenvalue weighted by Crippen LogP contribution is 2.23. The van der Waals surface area contributed by atoms with Crippen LogP contribution in [0.15, 0.2) is 53.3 Å². The number of benzene rings is 2. The van der Waals surface area contributed by atoms with Crippen molar-refractivity contribution in [1.82, 2.24) is 14.9 Å². The van der Waals surface area contributed by atoms with Crippen LogP contribution in [-0.4, -0.2) is 36.4 Å². The molecule has 152 valence electrons. The summed E-state index contributed by atoms with van der Waals surface area (Å²) in [6.45, 7) is 2.47. The first-order chi connectivity index (χ1) is 14.0. The van der Waals surface area contributed by atoms with Crippen LogP contribution in [0.1, 0.15) is 18.8 Å². The van der Waals surface area contributed by atoms with E-state index in [1.165, 1.54) is 7.11 Å². The summed E-state index contributed by atoms with van der Waals surface area (Å²) in [7, 11) is 3.11. The van der Waals surface area contributed by atoms with E-state index in [4.69, 9.17) is 9.47 Å². The predicted molar refractivity (Wildman–Crippen MR) is 111 cm³/mol. The van der Waals surface area contributed by atoms with Gasteiger partial charge in [-0.2, -0.15) is 0 Å². The maximum atomic E-state index is 12.9. The van der Waals surface area contributed by atoms with Crippen LogP contribution in [0.2, 0.25) is 0 Å². The SMILES string of the molecule is COCCn1c(C(C)NC(=O)Nc2ccccc2OC)nc2ccccc2c1=O. The molecule has 3 rings (SSSR count). The summed E-state index contributed by atoms with van der Waals surface area (Å²) in [6, 6.07) is 13.3. The van der Waals surface area contributed by atoms with Gasteiger partial charge in [0.05, 0.1) is 42.9 Å². The van der Waals surface area contributed by atoms with Crippen molar-refractivity contribution in [2.75, 3.05) is 26.1 Å². The molecule has 1 atom stereocenters. The van der Waals surface area contributed by atoms with Crippen LogP contribution in [0.5, 0.6) is 5.75 Å². The van der Waals surface area contributed by atoms with Gasteiger partial charge in [-0.1, -0.05) is 24.3 Å². The lowest BCUT2D eigenvalue weighted by Crippen LogP contribution is -2.36. The molecule has 8 heteroatoms. The molecule has 0 aliphatic heterocycles. The normalized spacial score (nSPS) is 11.8. The van der Waals surface area contributed by atoms with E-state index in [-0.39, 0.29) is 5.56 Å². The van der Waals surface area contributed by atoms with E-state index in [2.05, 4.69) is 15.6 Å². The Morgan fingerprint density at radius 2 is 1.86 bits per heavy atom. The van der Waals surface area contributed by atoms with Gasteiger partial charge < -0.3 is 20.1 Å². The van der Waals surface area contributed by atoms with E-state index in [9.17, 15) is 9.59 Å². The van der Waals surface area contributed by atoms with Crippen LogP contribution in [0.4, 0.5) is 10.5 Å². The van der Waals surface area contributed by atoms with Crippen molar-refractivity contribution >= 4 is 22.6 Å². The number of nitrogens with zero attached hydrogens (tertiary/aromatic N) is 2. The molecule has 2 aromatic carbocycles. The van der Waals surface area contributed by atoms with E-state index in [0.29, 0.717) is 41.3 Å². The van der Waals surface area contributed by atoms with Crippen LogP contribution < -0.4 is 20.9 Å². The first-order valence-electron chi connectivity index (χ1n) is 9.24. The van der Waals surface area contributed by atoms with Crippen molar-refractivity contribution in [3.63, 3.8) is 0 Å². The zero-order valence-electron chi connectivity index (χ0n) is 16.6. The average Bonchev–Trinajstić information content (AvgIpc) is 2.73. The summed E-state index contributed by atoms with van der Waals surface area (Å²) in [4.78, 5) is 30.1. The first kappa shape index (κ1) is 20.3. The Balaban J connectivity index is 1.88. The summed E-state index contributed by atoms with van der Waals surface area (Å²) in [6.07, 6.45) is 0. The lowest BCUT2D eigenvalue weighted by Gasteiger charge is -2.20. The molecule has 0 radical (unpaired) electrons. The van der Waals surface area contributed by atoms with Gasteiger partial charge in [0.2, 0.25) is 0 Å². The maximum absolute atomic E-state index is 12.9. The number of aromatic nitrogens is 2. The number of fused-ring (bicyclic) bond motifs is 1. The van der Waals surface area contributed by atoms with Gasteiger partial charge in [-0.15, -0.1) is 0 Å². The standard InChI is InChI=1S/C21H24N4O4/c1-14(22-21(27)24-17-10-6-7-11-18(17)29-3)19-23-16-9-5-4-8-15(16)20(26)25(19)12-13-28-2/h4-11,14H,12-13H2,1-3H3,(H2,22,24,27). The zero-order chi connectivity index (χ0) is 20.8. The van der Waals surface area contributed by atoms with Crippen molar-refractivity contribution in [3.05, 3.63) is 64.7 Å². The quantitative estimate of drug-likeness (QED) is 0.640. The number of rotatable bonds is 7. The number of hydrogen-bond donors (Lipinski definition) is 2. The number of nitrogens with one attached hydrogen (secondary N) is 2. The number of methoxy groups -OCH3 is 2. The Labute approximate surface area is 168 Å². The zero-order valence-corrected chi connectivity index (χ0v) is 16.6. The molecule has 29 heavy (non-hydrogen) atoms.